The van der Waals surface area contributed by atoms with Crippen LogP contribution >= 0.6 is 0 Å². The molecule has 0 spiro atoms. The number of hydrogen-bond donors (Lipinski definition) is 3. The van der Waals surface area contributed by atoms with Gasteiger partial charge in [-0.1, -0.05) is 0 Å². The standard InChI is InChI=1S/C15H15FN2O3/c1-8-5-9(6-11(14(8)17)15(19)20)18-13-7-10(21-2)3-4-12(13)16/h3-7,18H,17H2,1-2H3,(H,19,20). The van der Waals surface area contributed by atoms with Crippen LogP contribution in [0.25, 0.3) is 0 Å². The van der Waals surface area contributed by atoms with Gasteiger partial charge in [-0.15, -0.1) is 0 Å². The fourth-order valence-electron chi connectivity index (χ4n) is 1.93. The molecule has 2 aromatic carbocycles. The maximum absolute atomic E-state index is 13.8. The second kappa shape index (κ2) is 5.70. The Morgan fingerprint density at radius 2 is 2.05 bits per heavy atom. The minimum absolute atomic E-state index is 0.0270. The fourth-order valence-corrected chi connectivity index (χ4v) is 1.93. The number of hydrogen-bond acceptors (Lipinski definition) is 4. The zero-order chi connectivity index (χ0) is 15.6. The Balaban J connectivity index is 2.42. The molecule has 0 aliphatic rings. The predicted octanol–water partition coefficient (Wildman–Crippen LogP) is 3.17. The van der Waals surface area contributed by atoms with Crippen molar-refractivity contribution < 1.29 is 19.0 Å². The van der Waals surface area contributed by atoms with Gasteiger partial charge in [-0.2, -0.15) is 0 Å². The number of aryl methyl sites for hydroxylation is 1. The highest BCUT2D eigenvalue weighted by molar-refractivity contribution is 5.96. The van der Waals surface area contributed by atoms with E-state index in [1.807, 2.05) is 0 Å². The van der Waals surface area contributed by atoms with Crippen molar-refractivity contribution in [1.29, 1.82) is 0 Å². The topological polar surface area (TPSA) is 84.6 Å². The molecule has 0 fully saturated rings. The molecule has 0 heterocycles. The smallest absolute Gasteiger partial charge is 0.337 e. The Morgan fingerprint density at radius 1 is 1.33 bits per heavy atom. The number of rotatable bonds is 4. The first-order valence-corrected chi connectivity index (χ1v) is 6.16. The summed E-state index contributed by atoms with van der Waals surface area (Å²) in [5, 5.41) is 12.0. The average Bonchev–Trinajstić information content (AvgIpc) is 2.44. The first-order valence-electron chi connectivity index (χ1n) is 6.16. The van der Waals surface area contributed by atoms with E-state index < -0.39 is 11.8 Å². The van der Waals surface area contributed by atoms with Gasteiger partial charge in [0.15, 0.2) is 0 Å². The summed E-state index contributed by atoms with van der Waals surface area (Å²) in [5.41, 5.74) is 7.11. The molecule has 0 aliphatic carbocycles. The van der Waals surface area contributed by atoms with Crippen LogP contribution in [0.4, 0.5) is 21.5 Å². The number of halogens is 1. The number of carboxylic acids is 1. The van der Waals surface area contributed by atoms with Crippen molar-refractivity contribution in [1.82, 2.24) is 0 Å². The quantitative estimate of drug-likeness (QED) is 0.753. The molecule has 5 nitrogen and oxygen atoms in total. The SMILES string of the molecule is COc1ccc(F)c(Nc2cc(C)c(N)c(C(=O)O)c2)c1. The second-order valence-corrected chi connectivity index (χ2v) is 4.53. The van der Waals surface area contributed by atoms with Gasteiger partial charge in [-0.05, 0) is 36.8 Å². The summed E-state index contributed by atoms with van der Waals surface area (Å²) in [6.45, 7) is 1.69. The molecular formula is C15H15FN2O3. The molecule has 6 heteroatoms. The third-order valence-electron chi connectivity index (χ3n) is 3.07. The molecule has 0 amide bonds. The third kappa shape index (κ3) is 3.05. The number of nitrogens with two attached hydrogens (primary N) is 1. The Bertz CT molecular complexity index is 702. The van der Waals surface area contributed by atoms with Gasteiger partial charge in [0.1, 0.15) is 11.6 Å². The van der Waals surface area contributed by atoms with E-state index in [1.54, 1.807) is 13.0 Å². The van der Waals surface area contributed by atoms with Gasteiger partial charge in [-0.25, -0.2) is 9.18 Å². The molecule has 0 aliphatic heterocycles. The molecule has 0 atom stereocenters. The summed E-state index contributed by atoms with van der Waals surface area (Å²) < 4.78 is 18.8. The summed E-state index contributed by atoms with van der Waals surface area (Å²) in [4.78, 5) is 11.1. The Kier molecular flexibility index (Phi) is 3.98. The van der Waals surface area contributed by atoms with Crippen LogP contribution in [0, 0.1) is 12.7 Å². The van der Waals surface area contributed by atoms with Gasteiger partial charge in [0.05, 0.1) is 18.4 Å². The first kappa shape index (κ1) is 14.6. The van der Waals surface area contributed by atoms with Crippen LogP contribution in [0.5, 0.6) is 5.75 Å². The zero-order valence-electron chi connectivity index (χ0n) is 11.6. The molecule has 2 aromatic rings. The molecule has 0 saturated heterocycles. The van der Waals surface area contributed by atoms with Gasteiger partial charge in [0.25, 0.3) is 0 Å². The monoisotopic (exact) mass is 290 g/mol. The molecular weight excluding hydrogens is 275 g/mol. The van der Waals surface area contributed by atoms with Crippen LogP contribution in [-0.4, -0.2) is 18.2 Å². The van der Waals surface area contributed by atoms with Crippen LogP contribution in [0.3, 0.4) is 0 Å². The normalized spacial score (nSPS) is 10.2. The molecule has 4 N–H and O–H groups in total. The van der Waals surface area contributed by atoms with Crippen molar-refractivity contribution in [2.24, 2.45) is 0 Å². The Morgan fingerprint density at radius 3 is 2.67 bits per heavy atom. The summed E-state index contributed by atoms with van der Waals surface area (Å²) in [6, 6.07) is 7.27. The molecule has 0 saturated carbocycles. The average molecular weight is 290 g/mol. The maximum Gasteiger partial charge on any atom is 0.337 e. The van der Waals surface area contributed by atoms with E-state index in [-0.39, 0.29) is 16.9 Å². The van der Waals surface area contributed by atoms with E-state index >= 15 is 0 Å². The minimum atomic E-state index is -1.13. The molecule has 0 bridgehead atoms. The van der Waals surface area contributed by atoms with E-state index in [4.69, 9.17) is 15.6 Å². The summed E-state index contributed by atoms with van der Waals surface area (Å²) in [5.74, 6) is -1.11. The van der Waals surface area contributed by atoms with E-state index in [2.05, 4.69) is 5.32 Å². The van der Waals surface area contributed by atoms with Gasteiger partial charge in [0, 0.05) is 17.4 Å². The van der Waals surface area contributed by atoms with Crippen LogP contribution in [-0.2, 0) is 0 Å². The zero-order valence-corrected chi connectivity index (χ0v) is 11.6. The number of ether oxygens (including phenoxy) is 1. The van der Waals surface area contributed by atoms with Crippen molar-refractivity contribution in [3.63, 3.8) is 0 Å². The maximum atomic E-state index is 13.8. The van der Waals surface area contributed by atoms with Crippen molar-refractivity contribution in [3.8, 4) is 5.75 Å². The lowest BCUT2D eigenvalue weighted by Crippen LogP contribution is -2.06. The van der Waals surface area contributed by atoms with Crippen LogP contribution in [0.1, 0.15) is 15.9 Å². The minimum Gasteiger partial charge on any atom is -0.497 e. The number of anilines is 3. The van der Waals surface area contributed by atoms with Crippen LogP contribution < -0.4 is 15.8 Å². The lowest BCUT2D eigenvalue weighted by atomic mass is 10.1. The molecule has 21 heavy (non-hydrogen) atoms. The van der Waals surface area contributed by atoms with Gasteiger partial charge in [-0.3, -0.25) is 0 Å². The van der Waals surface area contributed by atoms with Crippen molar-refractivity contribution in [2.45, 2.75) is 6.92 Å². The van der Waals surface area contributed by atoms with E-state index in [9.17, 15) is 9.18 Å². The van der Waals surface area contributed by atoms with Gasteiger partial charge in [0.2, 0.25) is 0 Å². The number of carboxylic acid groups (broad SMARTS) is 1. The van der Waals surface area contributed by atoms with Crippen LogP contribution in [0.15, 0.2) is 30.3 Å². The number of benzene rings is 2. The number of nitrogens with one attached hydrogen (secondary N) is 1. The highest BCUT2D eigenvalue weighted by Crippen LogP contribution is 2.28. The highest BCUT2D eigenvalue weighted by Gasteiger charge is 2.13. The van der Waals surface area contributed by atoms with E-state index in [1.165, 1.54) is 31.4 Å². The van der Waals surface area contributed by atoms with Crippen molar-refractivity contribution in [2.75, 3.05) is 18.2 Å². The predicted molar refractivity (Wildman–Crippen MR) is 78.8 cm³/mol. The van der Waals surface area contributed by atoms with E-state index in [0.717, 1.165) is 0 Å². The second-order valence-electron chi connectivity index (χ2n) is 4.53. The van der Waals surface area contributed by atoms with Gasteiger partial charge >= 0.3 is 5.97 Å². The number of nitrogen functional groups attached to an aromatic ring is 1. The largest absolute Gasteiger partial charge is 0.497 e. The van der Waals surface area contributed by atoms with Gasteiger partial charge < -0.3 is 20.9 Å². The van der Waals surface area contributed by atoms with E-state index in [0.29, 0.717) is 17.0 Å². The lowest BCUT2D eigenvalue weighted by molar-refractivity contribution is 0.0698. The number of aromatic carboxylic acids is 1. The first-order chi connectivity index (χ1) is 9.92. The molecule has 110 valence electrons. The number of methoxy groups -OCH3 is 1. The number of carbonyl (C=O) groups is 1. The molecule has 0 radical (unpaired) electrons. The lowest BCUT2D eigenvalue weighted by Gasteiger charge is -2.12. The molecule has 2 rings (SSSR count). The highest BCUT2D eigenvalue weighted by atomic mass is 19.1. The van der Waals surface area contributed by atoms with Crippen molar-refractivity contribution in [3.05, 3.63) is 47.3 Å². The fraction of sp³-hybridized carbons (Fsp3) is 0.133. The van der Waals surface area contributed by atoms with Crippen molar-refractivity contribution >= 4 is 23.0 Å². The molecule has 0 aromatic heterocycles. The summed E-state index contributed by atoms with van der Waals surface area (Å²) in [6.07, 6.45) is 0. The Labute approximate surface area is 121 Å². The third-order valence-corrected chi connectivity index (χ3v) is 3.07. The Hall–Kier alpha value is -2.76. The summed E-state index contributed by atoms with van der Waals surface area (Å²) in [7, 11) is 1.48. The molecule has 0 unspecified atom stereocenters. The van der Waals surface area contributed by atoms with Crippen LogP contribution in [0.2, 0.25) is 0 Å². The summed E-state index contributed by atoms with van der Waals surface area (Å²) >= 11 is 0.